The predicted octanol–water partition coefficient (Wildman–Crippen LogP) is 3.35. The van der Waals surface area contributed by atoms with Crippen LogP contribution in [0.5, 0.6) is 10.9 Å². The third-order valence-electron chi connectivity index (χ3n) is 1.67. The molecule has 0 unspecified atom stereocenters. The third kappa shape index (κ3) is 2.79. The lowest BCUT2D eigenvalue weighted by Gasteiger charge is -2.03. The summed E-state index contributed by atoms with van der Waals surface area (Å²) in [6.07, 6.45) is 0. The standard InChI is InChI=1S/C9H6Br2N2O2S/c10-5-1-2-7(6(11)3-5)15-9-13-12-8(4-14)16-9/h1-3,14H,4H2. The summed E-state index contributed by atoms with van der Waals surface area (Å²) in [6.45, 7) is -0.122. The Morgan fingerprint density at radius 1 is 1.31 bits per heavy atom. The molecule has 0 atom stereocenters. The molecule has 4 nitrogen and oxygen atoms in total. The van der Waals surface area contributed by atoms with Gasteiger partial charge in [-0.1, -0.05) is 32.4 Å². The van der Waals surface area contributed by atoms with Crippen molar-refractivity contribution in [2.45, 2.75) is 6.61 Å². The highest BCUT2D eigenvalue weighted by Crippen LogP contribution is 2.33. The predicted molar refractivity (Wildman–Crippen MR) is 67.7 cm³/mol. The van der Waals surface area contributed by atoms with Gasteiger partial charge in [-0.2, -0.15) is 0 Å². The van der Waals surface area contributed by atoms with E-state index in [1.54, 1.807) is 0 Å². The molecule has 0 fully saturated rings. The summed E-state index contributed by atoms with van der Waals surface area (Å²) in [5.74, 6) is 0.656. The number of aliphatic hydroxyl groups excluding tert-OH is 1. The second kappa shape index (κ2) is 5.22. The Morgan fingerprint density at radius 3 is 2.75 bits per heavy atom. The first kappa shape index (κ1) is 12.0. The minimum Gasteiger partial charge on any atom is -0.429 e. The lowest BCUT2D eigenvalue weighted by molar-refractivity contribution is 0.280. The number of rotatable bonds is 3. The highest BCUT2D eigenvalue weighted by Gasteiger charge is 2.08. The molecule has 1 heterocycles. The summed E-state index contributed by atoms with van der Waals surface area (Å²) < 4.78 is 7.29. The Kier molecular flexibility index (Phi) is 3.91. The van der Waals surface area contributed by atoms with Crippen molar-refractivity contribution in [2.24, 2.45) is 0 Å². The van der Waals surface area contributed by atoms with Crippen molar-refractivity contribution in [3.8, 4) is 10.9 Å². The highest BCUT2D eigenvalue weighted by molar-refractivity contribution is 9.11. The van der Waals surface area contributed by atoms with Crippen LogP contribution in [0.15, 0.2) is 27.1 Å². The molecule has 2 aromatic rings. The lowest BCUT2D eigenvalue weighted by Crippen LogP contribution is -1.84. The fraction of sp³-hybridized carbons (Fsp3) is 0.111. The molecule has 0 bridgehead atoms. The van der Waals surface area contributed by atoms with Gasteiger partial charge in [-0.25, -0.2) is 0 Å². The topological polar surface area (TPSA) is 55.2 Å². The normalized spacial score (nSPS) is 10.4. The van der Waals surface area contributed by atoms with E-state index in [1.807, 2.05) is 18.2 Å². The second-order valence-corrected chi connectivity index (χ2v) is 5.59. The van der Waals surface area contributed by atoms with E-state index in [0.717, 1.165) is 8.95 Å². The van der Waals surface area contributed by atoms with Gasteiger partial charge in [-0.3, -0.25) is 0 Å². The molecule has 0 aliphatic rings. The van der Waals surface area contributed by atoms with Gasteiger partial charge in [0.1, 0.15) is 10.8 Å². The summed E-state index contributed by atoms with van der Waals surface area (Å²) in [6, 6.07) is 5.56. The number of aliphatic hydroxyl groups is 1. The molecule has 1 aromatic carbocycles. The molecular formula is C9H6Br2N2O2S. The first-order valence-corrected chi connectivity index (χ1v) is 6.65. The molecule has 0 radical (unpaired) electrons. The summed E-state index contributed by atoms with van der Waals surface area (Å²) in [5, 5.41) is 17.3. The number of nitrogens with zero attached hydrogens (tertiary/aromatic N) is 2. The van der Waals surface area contributed by atoms with E-state index in [0.29, 0.717) is 16.0 Å². The number of hydrogen-bond acceptors (Lipinski definition) is 5. The Morgan fingerprint density at radius 2 is 2.12 bits per heavy atom. The van der Waals surface area contributed by atoms with Gasteiger partial charge in [0.25, 0.3) is 5.19 Å². The largest absolute Gasteiger partial charge is 0.429 e. The van der Waals surface area contributed by atoms with Gasteiger partial charge in [0.15, 0.2) is 0 Å². The summed E-state index contributed by atoms with van der Waals surface area (Å²) in [4.78, 5) is 0. The Bertz CT molecular complexity index is 504. The molecule has 84 valence electrons. The maximum Gasteiger partial charge on any atom is 0.299 e. The van der Waals surface area contributed by atoms with Crippen LogP contribution in [0.1, 0.15) is 5.01 Å². The number of hydrogen-bond donors (Lipinski definition) is 1. The zero-order chi connectivity index (χ0) is 11.5. The van der Waals surface area contributed by atoms with E-state index < -0.39 is 0 Å². The van der Waals surface area contributed by atoms with Crippen LogP contribution in [-0.2, 0) is 6.61 Å². The monoisotopic (exact) mass is 364 g/mol. The van der Waals surface area contributed by atoms with Crippen molar-refractivity contribution in [3.63, 3.8) is 0 Å². The van der Waals surface area contributed by atoms with Gasteiger partial charge in [-0.05, 0) is 34.1 Å². The molecule has 0 saturated heterocycles. The van der Waals surface area contributed by atoms with Crippen LogP contribution in [0.4, 0.5) is 0 Å². The van der Waals surface area contributed by atoms with Gasteiger partial charge in [0, 0.05) is 4.47 Å². The third-order valence-corrected chi connectivity index (χ3v) is 3.57. The molecule has 0 aliphatic carbocycles. The van der Waals surface area contributed by atoms with Gasteiger partial charge in [0.05, 0.1) is 11.1 Å². The van der Waals surface area contributed by atoms with E-state index in [1.165, 1.54) is 11.3 Å². The molecule has 0 spiro atoms. The summed E-state index contributed by atoms with van der Waals surface area (Å²) >= 11 is 7.95. The minimum absolute atomic E-state index is 0.122. The average Bonchev–Trinajstić information content (AvgIpc) is 2.70. The number of aromatic nitrogens is 2. The van der Waals surface area contributed by atoms with Gasteiger partial charge < -0.3 is 9.84 Å². The van der Waals surface area contributed by atoms with Crippen LogP contribution < -0.4 is 4.74 Å². The van der Waals surface area contributed by atoms with Gasteiger partial charge in [-0.15, -0.1) is 5.10 Å². The lowest BCUT2D eigenvalue weighted by atomic mass is 10.3. The molecule has 1 N–H and O–H groups in total. The average molecular weight is 366 g/mol. The van der Waals surface area contributed by atoms with Crippen molar-refractivity contribution in [1.82, 2.24) is 10.2 Å². The highest BCUT2D eigenvalue weighted by atomic mass is 79.9. The Labute approximate surface area is 113 Å². The summed E-state index contributed by atoms with van der Waals surface area (Å²) in [5.41, 5.74) is 0. The van der Waals surface area contributed by atoms with Crippen LogP contribution in [0, 0.1) is 0 Å². The fourth-order valence-corrected chi connectivity index (χ4v) is 2.68. The van der Waals surface area contributed by atoms with Crippen molar-refractivity contribution < 1.29 is 9.84 Å². The van der Waals surface area contributed by atoms with E-state index >= 15 is 0 Å². The number of benzene rings is 1. The SMILES string of the molecule is OCc1nnc(Oc2ccc(Br)cc2Br)s1. The van der Waals surface area contributed by atoms with Crippen molar-refractivity contribution >= 4 is 43.2 Å². The van der Waals surface area contributed by atoms with Crippen LogP contribution in [0.3, 0.4) is 0 Å². The van der Waals surface area contributed by atoms with E-state index in [9.17, 15) is 0 Å². The van der Waals surface area contributed by atoms with Crippen LogP contribution in [0.2, 0.25) is 0 Å². The van der Waals surface area contributed by atoms with Crippen LogP contribution in [0.25, 0.3) is 0 Å². The van der Waals surface area contributed by atoms with Crippen LogP contribution >= 0.6 is 43.2 Å². The van der Waals surface area contributed by atoms with Gasteiger partial charge in [0.2, 0.25) is 0 Å². The van der Waals surface area contributed by atoms with E-state index in [-0.39, 0.29) is 6.61 Å². The van der Waals surface area contributed by atoms with E-state index in [4.69, 9.17) is 9.84 Å². The summed E-state index contributed by atoms with van der Waals surface area (Å²) in [7, 11) is 0. The molecule has 0 aliphatic heterocycles. The molecule has 1 aromatic heterocycles. The van der Waals surface area contributed by atoms with Gasteiger partial charge >= 0.3 is 0 Å². The van der Waals surface area contributed by atoms with Crippen molar-refractivity contribution in [1.29, 1.82) is 0 Å². The quantitative estimate of drug-likeness (QED) is 0.906. The molecular weight excluding hydrogens is 360 g/mol. The number of halogens is 2. The fourth-order valence-electron chi connectivity index (χ4n) is 0.995. The minimum atomic E-state index is -0.122. The van der Waals surface area contributed by atoms with Crippen LogP contribution in [-0.4, -0.2) is 15.3 Å². The van der Waals surface area contributed by atoms with Crippen molar-refractivity contribution in [3.05, 3.63) is 32.2 Å². The van der Waals surface area contributed by atoms with Crippen molar-refractivity contribution in [2.75, 3.05) is 0 Å². The second-order valence-electron chi connectivity index (χ2n) is 2.80. The maximum atomic E-state index is 8.84. The zero-order valence-corrected chi connectivity index (χ0v) is 11.8. The van der Waals surface area contributed by atoms with E-state index in [2.05, 4.69) is 42.1 Å². The molecule has 7 heteroatoms. The smallest absolute Gasteiger partial charge is 0.299 e. The maximum absolute atomic E-state index is 8.84. The Balaban J connectivity index is 2.20. The molecule has 2 rings (SSSR count). The molecule has 16 heavy (non-hydrogen) atoms. The zero-order valence-electron chi connectivity index (χ0n) is 7.85. The first-order chi connectivity index (χ1) is 7.69. The Hall–Kier alpha value is -0.500. The number of ether oxygens (including phenoxy) is 1. The molecule has 0 saturated carbocycles. The molecule has 0 amide bonds. The first-order valence-electron chi connectivity index (χ1n) is 4.25.